The van der Waals surface area contributed by atoms with Crippen LogP contribution in [0.1, 0.15) is 16.1 Å². The molecule has 1 atom stereocenters. The molecule has 0 radical (unpaired) electrons. The Morgan fingerprint density at radius 1 is 1.71 bits per heavy atom. The van der Waals surface area contributed by atoms with Crippen LogP contribution in [0.4, 0.5) is 0 Å². The van der Waals surface area contributed by atoms with Crippen LogP contribution in [0.25, 0.3) is 0 Å². The monoisotopic (exact) mass is 209 g/mol. The largest absolute Gasteiger partial charge is 0.496 e. The van der Waals surface area contributed by atoms with Gasteiger partial charge in [-0.15, -0.1) is 11.3 Å². The van der Waals surface area contributed by atoms with Crippen molar-refractivity contribution in [3.63, 3.8) is 0 Å². The first-order chi connectivity index (χ1) is 6.86. The second-order valence-electron chi connectivity index (χ2n) is 3.05. The Hall–Kier alpha value is -1.29. The first kappa shape index (κ1) is 9.27. The Kier molecular flexibility index (Phi) is 2.84. The summed E-state index contributed by atoms with van der Waals surface area (Å²) in [6.07, 6.45) is 4.63. The number of hydrogen-bond acceptors (Lipinski definition) is 3. The van der Waals surface area contributed by atoms with E-state index in [-0.39, 0.29) is 12.0 Å². The van der Waals surface area contributed by atoms with Crippen molar-refractivity contribution in [1.29, 1.82) is 0 Å². The Balaban J connectivity index is 1.78. The van der Waals surface area contributed by atoms with Gasteiger partial charge < -0.3 is 10.1 Å². The topological polar surface area (TPSA) is 38.3 Å². The zero-order chi connectivity index (χ0) is 9.80. The summed E-state index contributed by atoms with van der Waals surface area (Å²) in [6.45, 7) is 0.573. The molecule has 4 heteroatoms. The summed E-state index contributed by atoms with van der Waals surface area (Å²) in [7, 11) is 0. The predicted octanol–water partition coefficient (Wildman–Crippen LogP) is 1.78. The van der Waals surface area contributed by atoms with Crippen LogP contribution < -0.4 is 5.32 Å². The summed E-state index contributed by atoms with van der Waals surface area (Å²) in [5.74, 6) is -0.0181. The van der Waals surface area contributed by atoms with Crippen molar-refractivity contribution in [1.82, 2.24) is 5.32 Å². The highest BCUT2D eigenvalue weighted by molar-refractivity contribution is 7.12. The zero-order valence-electron chi connectivity index (χ0n) is 7.60. The van der Waals surface area contributed by atoms with Crippen molar-refractivity contribution in [2.24, 2.45) is 0 Å². The first-order valence-corrected chi connectivity index (χ1v) is 5.36. The van der Waals surface area contributed by atoms with Crippen molar-refractivity contribution < 1.29 is 9.53 Å². The van der Waals surface area contributed by atoms with Crippen LogP contribution in [-0.4, -0.2) is 18.6 Å². The molecular formula is C10H11NO2S. The van der Waals surface area contributed by atoms with Gasteiger partial charge in [0.1, 0.15) is 6.10 Å². The van der Waals surface area contributed by atoms with Crippen molar-refractivity contribution >= 4 is 17.2 Å². The maximum Gasteiger partial charge on any atom is 0.261 e. The molecule has 3 nitrogen and oxygen atoms in total. The van der Waals surface area contributed by atoms with E-state index in [1.807, 2.05) is 23.6 Å². The van der Waals surface area contributed by atoms with Gasteiger partial charge >= 0.3 is 0 Å². The Bertz CT molecular complexity index is 324. The third kappa shape index (κ3) is 2.14. The average molecular weight is 209 g/mol. The lowest BCUT2D eigenvalue weighted by Crippen LogP contribution is -2.31. The molecular weight excluding hydrogens is 198 g/mol. The summed E-state index contributed by atoms with van der Waals surface area (Å²) in [5.41, 5.74) is 0. The predicted molar refractivity (Wildman–Crippen MR) is 55.3 cm³/mol. The van der Waals surface area contributed by atoms with E-state index in [1.54, 1.807) is 6.26 Å². The Labute approximate surface area is 86.4 Å². The second kappa shape index (κ2) is 4.28. The first-order valence-electron chi connectivity index (χ1n) is 4.48. The van der Waals surface area contributed by atoms with Crippen LogP contribution in [0.3, 0.4) is 0 Å². The van der Waals surface area contributed by atoms with Crippen molar-refractivity contribution in [3.05, 3.63) is 34.7 Å². The van der Waals surface area contributed by atoms with E-state index in [0.29, 0.717) is 6.54 Å². The van der Waals surface area contributed by atoms with Gasteiger partial charge in [-0.1, -0.05) is 6.07 Å². The minimum atomic E-state index is -0.0181. The summed E-state index contributed by atoms with van der Waals surface area (Å²) < 4.78 is 5.23. The molecule has 0 saturated heterocycles. The maximum absolute atomic E-state index is 11.5. The number of thiophene rings is 1. The lowest BCUT2D eigenvalue weighted by atomic mass is 10.3. The zero-order valence-corrected chi connectivity index (χ0v) is 8.42. The molecule has 1 amide bonds. The quantitative estimate of drug-likeness (QED) is 0.824. The van der Waals surface area contributed by atoms with Crippen molar-refractivity contribution in [2.75, 3.05) is 6.54 Å². The third-order valence-corrected chi connectivity index (χ3v) is 2.87. The summed E-state index contributed by atoms with van der Waals surface area (Å²) in [5, 5.41) is 4.72. The van der Waals surface area contributed by atoms with Gasteiger partial charge in [-0.25, -0.2) is 0 Å². The molecule has 0 saturated carbocycles. The highest BCUT2D eigenvalue weighted by atomic mass is 32.1. The molecule has 0 fully saturated rings. The van der Waals surface area contributed by atoms with Gasteiger partial charge in [0, 0.05) is 6.42 Å². The molecule has 74 valence electrons. The van der Waals surface area contributed by atoms with Gasteiger partial charge in [-0.3, -0.25) is 4.79 Å². The molecule has 1 aromatic rings. The molecule has 1 unspecified atom stereocenters. The molecule has 0 aromatic carbocycles. The number of nitrogens with one attached hydrogen (secondary N) is 1. The van der Waals surface area contributed by atoms with Crippen LogP contribution in [0.5, 0.6) is 0 Å². The maximum atomic E-state index is 11.5. The van der Waals surface area contributed by atoms with Gasteiger partial charge in [-0.2, -0.15) is 0 Å². The Morgan fingerprint density at radius 2 is 2.64 bits per heavy atom. The van der Waals surface area contributed by atoms with E-state index < -0.39 is 0 Å². The fourth-order valence-corrected chi connectivity index (χ4v) is 1.90. The lowest BCUT2D eigenvalue weighted by molar-refractivity contribution is 0.0921. The highest BCUT2D eigenvalue weighted by Gasteiger charge is 2.13. The van der Waals surface area contributed by atoms with Crippen LogP contribution in [-0.2, 0) is 4.74 Å². The summed E-state index contributed by atoms with van der Waals surface area (Å²) in [6, 6.07) is 3.68. The van der Waals surface area contributed by atoms with E-state index in [9.17, 15) is 4.79 Å². The van der Waals surface area contributed by atoms with Gasteiger partial charge in [-0.05, 0) is 17.5 Å². The molecule has 2 heterocycles. The molecule has 1 N–H and O–H groups in total. The molecule has 1 aliphatic rings. The molecule has 0 aliphatic carbocycles. The number of ether oxygens (including phenoxy) is 1. The van der Waals surface area contributed by atoms with Crippen LogP contribution in [0.2, 0.25) is 0 Å². The standard InChI is InChI=1S/C10H11NO2S/c12-10(9-4-2-6-14-9)11-7-8-3-1-5-13-8/h1-2,4-6,8H,3,7H2,(H,11,12). The fourth-order valence-electron chi connectivity index (χ4n) is 1.26. The van der Waals surface area contributed by atoms with E-state index in [4.69, 9.17) is 4.74 Å². The van der Waals surface area contributed by atoms with E-state index >= 15 is 0 Å². The van der Waals surface area contributed by atoms with Crippen LogP contribution in [0, 0.1) is 0 Å². The summed E-state index contributed by atoms with van der Waals surface area (Å²) >= 11 is 1.45. The Morgan fingerprint density at radius 3 is 3.29 bits per heavy atom. The average Bonchev–Trinajstić information content (AvgIpc) is 2.87. The minimum Gasteiger partial charge on any atom is -0.496 e. The van der Waals surface area contributed by atoms with Gasteiger partial charge in [0.05, 0.1) is 17.7 Å². The van der Waals surface area contributed by atoms with Crippen molar-refractivity contribution in [2.45, 2.75) is 12.5 Å². The van der Waals surface area contributed by atoms with Gasteiger partial charge in [0.25, 0.3) is 5.91 Å². The molecule has 1 aromatic heterocycles. The number of amides is 1. The lowest BCUT2D eigenvalue weighted by Gasteiger charge is -2.10. The molecule has 14 heavy (non-hydrogen) atoms. The van der Waals surface area contributed by atoms with Crippen LogP contribution >= 0.6 is 11.3 Å². The molecule has 1 aliphatic heterocycles. The molecule has 2 rings (SSSR count). The number of hydrogen-bond donors (Lipinski definition) is 1. The smallest absolute Gasteiger partial charge is 0.261 e. The SMILES string of the molecule is O=C(NCC1CC=CO1)c1cccs1. The van der Waals surface area contributed by atoms with E-state index in [1.165, 1.54) is 11.3 Å². The number of carbonyl (C=O) groups is 1. The van der Waals surface area contributed by atoms with Crippen LogP contribution in [0.15, 0.2) is 29.9 Å². The number of rotatable bonds is 3. The molecule has 0 spiro atoms. The normalized spacial score (nSPS) is 19.3. The highest BCUT2D eigenvalue weighted by Crippen LogP contribution is 2.10. The second-order valence-corrected chi connectivity index (χ2v) is 4.00. The fraction of sp³-hybridized carbons (Fsp3) is 0.300. The third-order valence-electron chi connectivity index (χ3n) is 2.00. The van der Waals surface area contributed by atoms with Gasteiger partial charge in [0.2, 0.25) is 0 Å². The van der Waals surface area contributed by atoms with Crippen molar-refractivity contribution in [3.8, 4) is 0 Å². The minimum absolute atomic E-state index is 0.0181. The van der Waals surface area contributed by atoms with E-state index in [2.05, 4.69) is 5.32 Å². The summed E-state index contributed by atoms with van der Waals surface area (Å²) in [4.78, 5) is 12.2. The van der Waals surface area contributed by atoms with E-state index in [0.717, 1.165) is 11.3 Å². The van der Waals surface area contributed by atoms with Gasteiger partial charge in [0.15, 0.2) is 0 Å². The molecule has 0 bridgehead atoms. The number of carbonyl (C=O) groups excluding carboxylic acids is 1.